The van der Waals surface area contributed by atoms with Gasteiger partial charge in [0.15, 0.2) is 0 Å². The third-order valence-corrected chi connectivity index (χ3v) is 3.21. The fourth-order valence-electron chi connectivity index (χ4n) is 2.36. The van der Waals surface area contributed by atoms with Crippen molar-refractivity contribution in [1.29, 1.82) is 0 Å². The Morgan fingerprint density at radius 3 is 2.42 bits per heavy atom. The van der Waals surface area contributed by atoms with Gasteiger partial charge in [-0.05, 0) is 19.1 Å². The van der Waals surface area contributed by atoms with E-state index in [1.54, 1.807) is 13.8 Å². The molecule has 0 spiro atoms. The lowest BCUT2D eigenvalue weighted by Crippen LogP contribution is -2.24. The topological polar surface area (TPSA) is 57.6 Å². The van der Waals surface area contributed by atoms with Crippen LogP contribution in [0.25, 0.3) is 11.0 Å². The SMILES string of the molecule is CCn1c(=O)n(Cc2cn(C)nn2)c2ccccc21. The Morgan fingerprint density at radius 1 is 1.16 bits per heavy atom. The van der Waals surface area contributed by atoms with Crippen molar-refractivity contribution < 1.29 is 0 Å². The molecule has 0 saturated carbocycles. The number of benzene rings is 1. The molecular weight excluding hydrogens is 242 g/mol. The van der Waals surface area contributed by atoms with Gasteiger partial charge in [0.05, 0.1) is 17.6 Å². The molecule has 0 atom stereocenters. The molecule has 19 heavy (non-hydrogen) atoms. The Hall–Kier alpha value is -2.37. The maximum atomic E-state index is 12.4. The maximum Gasteiger partial charge on any atom is 0.329 e. The highest BCUT2D eigenvalue weighted by Crippen LogP contribution is 2.13. The first kappa shape index (κ1) is 11.7. The third kappa shape index (κ3) is 1.85. The van der Waals surface area contributed by atoms with Gasteiger partial charge in [-0.2, -0.15) is 0 Å². The van der Waals surface area contributed by atoms with Crippen molar-refractivity contribution in [2.45, 2.75) is 20.0 Å². The minimum absolute atomic E-state index is 0.00523. The summed E-state index contributed by atoms with van der Waals surface area (Å²) < 4.78 is 5.15. The van der Waals surface area contributed by atoms with Crippen LogP contribution in [0.15, 0.2) is 35.3 Å². The van der Waals surface area contributed by atoms with Gasteiger partial charge >= 0.3 is 5.69 Å². The molecule has 0 radical (unpaired) electrons. The van der Waals surface area contributed by atoms with Crippen molar-refractivity contribution in [3.63, 3.8) is 0 Å². The van der Waals surface area contributed by atoms with E-state index in [0.717, 1.165) is 16.7 Å². The van der Waals surface area contributed by atoms with Crippen molar-refractivity contribution >= 4 is 11.0 Å². The fraction of sp³-hybridized carbons (Fsp3) is 0.308. The van der Waals surface area contributed by atoms with Crippen LogP contribution < -0.4 is 5.69 Å². The Kier molecular flexibility index (Phi) is 2.70. The van der Waals surface area contributed by atoms with Crippen molar-refractivity contribution in [1.82, 2.24) is 24.1 Å². The Labute approximate surface area is 109 Å². The molecule has 98 valence electrons. The standard InChI is InChI=1S/C13H15N5O/c1-3-17-11-6-4-5-7-12(11)18(13(17)19)9-10-8-16(2)15-14-10/h4-8H,3,9H2,1-2H3. The average molecular weight is 257 g/mol. The molecule has 0 N–H and O–H groups in total. The number of imidazole rings is 1. The highest BCUT2D eigenvalue weighted by atomic mass is 16.1. The second-order valence-electron chi connectivity index (χ2n) is 4.49. The van der Waals surface area contributed by atoms with Crippen molar-refractivity contribution in [2.75, 3.05) is 0 Å². The van der Waals surface area contributed by atoms with Gasteiger partial charge in [0.1, 0.15) is 5.69 Å². The summed E-state index contributed by atoms with van der Waals surface area (Å²) in [6.45, 7) is 3.08. The summed E-state index contributed by atoms with van der Waals surface area (Å²) in [4.78, 5) is 12.4. The minimum Gasteiger partial charge on any atom is -0.292 e. The van der Waals surface area contributed by atoms with Gasteiger partial charge in [0, 0.05) is 19.8 Å². The number of rotatable bonds is 3. The maximum absolute atomic E-state index is 12.4. The van der Waals surface area contributed by atoms with Crippen LogP contribution in [0.4, 0.5) is 0 Å². The summed E-state index contributed by atoms with van der Waals surface area (Å²) in [5.74, 6) is 0. The quantitative estimate of drug-likeness (QED) is 0.703. The molecule has 0 aliphatic carbocycles. The highest BCUT2D eigenvalue weighted by molar-refractivity contribution is 5.76. The summed E-state index contributed by atoms with van der Waals surface area (Å²) in [7, 11) is 1.81. The van der Waals surface area contributed by atoms with Crippen molar-refractivity contribution in [3.05, 3.63) is 46.6 Å². The van der Waals surface area contributed by atoms with E-state index in [2.05, 4.69) is 10.3 Å². The molecule has 0 aliphatic rings. The van der Waals surface area contributed by atoms with Gasteiger partial charge in [0.25, 0.3) is 0 Å². The molecule has 2 heterocycles. The average Bonchev–Trinajstić information content (AvgIpc) is 2.93. The molecule has 0 unspecified atom stereocenters. The van der Waals surface area contributed by atoms with E-state index in [4.69, 9.17) is 0 Å². The molecule has 6 nitrogen and oxygen atoms in total. The van der Waals surface area contributed by atoms with Crippen molar-refractivity contribution in [3.8, 4) is 0 Å². The lowest BCUT2D eigenvalue weighted by Gasteiger charge is -1.98. The smallest absolute Gasteiger partial charge is 0.292 e. The summed E-state index contributed by atoms with van der Waals surface area (Å²) in [5, 5.41) is 7.93. The van der Waals surface area contributed by atoms with Crippen LogP contribution in [-0.2, 0) is 20.1 Å². The zero-order valence-corrected chi connectivity index (χ0v) is 10.9. The van der Waals surface area contributed by atoms with Crippen molar-refractivity contribution in [2.24, 2.45) is 7.05 Å². The number of para-hydroxylation sites is 2. The molecule has 1 aromatic carbocycles. The number of hydrogen-bond donors (Lipinski definition) is 0. The number of aryl methyl sites for hydroxylation is 2. The lowest BCUT2D eigenvalue weighted by atomic mass is 10.3. The summed E-state index contributed by atoms with van der Waals surface area (Å²) in [6, 6.07) is 7.81. The van der Waals surface area contributed by atoms with E-state index >= 15 is 0 Å². The molecule has 6 heteroatoms. The fourth-order valence-corrected chi connectivity index (χ4v) is 2.36. The van der Waals surface area contributed by atoms with Gasteiger partial charge in [-0.1, -0.05) is 17.3 Å². The second-order valence-corrected chi connectivity index (χ2v) is 4.49. The predicted octanol–water partition coefficient (Wildman–Crippen LogP) is 1.000. The molecule has 0 fully saturated rings. The number of hydrogen-bond acceptors (Lipinski definition) is 3. The van der Waals surface area contributed by atoms with Crippen LogP contribution in [0.5, 0.6) is 0 Å². The largest absolute Gasteiger partial charge is 0.329 e. The van der Waals surface area contributed by atoms with Crippen LogP contribution >= 0.6 is 0 Å². The van der Waals surface area contributed by atoms with Crippen LogP contribution in [0.1, 0.15) is 12.6 Å². The first-order valence-electron chi connectivity index (χ1n) is 6.24. The van der Waals surface area contributed by atoms with E-state index in [1.807, 2.05) is 44.4 Å². The molecule has 3 aromatic rings. The van der Waals surface area contributed by atoms with E-state index in [0.29, 0.717) is 13.1 Å². The third-order valence-electron chi connectivity index (χ3n) is 3.21. The molecule has 3 rings (SSSR count). The van der Waals surface area contributed by atoms with E-state index in [9.17, 15) is 4.79 Å². The number of fused-ring (bicyclic) bond motifs is 1. The number of nitrogens with zero attached hydrogens (tertiary/aromatic N) is 5. The normalized spacial score (nSPS) is 11.3. The molecule has 0 aliphatic heterocycles. The first-order chi connectivity index (χ1) is 9.20. The van der Waals surface area contributed by atoms with Gasteiger partial charge < -0.3 is 0 Å². The van der Waals surface area contributed by atoms with Gasteiger partial charge in [-0.25, -0.2) is 4.79 Å². The van der Waals surface area contributed by atoms with E-state index < -0.39 is 0 Å². The zero-order chi connectivity index (χ0) is 13.4. The van der Waals surface area contributed by atoms with Gasteiger partial charge in [0.2, 0.25) is 0 Å². The van der Waals surface area contributed by atoms with Gasteiger partial charge in [-0.3, -0.25) is 13.8 Å². The monoisotopic (exact) mass is 257 g/mol. The van der Waals surface area contributed by atoms with Crippen LogP contribution in [0.2, 0.25) is 0 Å². The molecule has 0 amide bonds. The minimum atomic E-state index is -0.00523. The summed E-state index contributed by atoms with van der Waals surface area (Å²) in [6.07, 6.45) is 1.82. The zero-order valence-electron chi connectivity index (χ0n) is 10.9. The van der Waals surface area contributed by atoms with E-state index in [-0.39, 0.29) is 5.69 Å². The Bertz CT molecular complexity index is 780. The highest BCUT2D eigenvalue weighted by Gasteiger charge is 2.12. The number of aromatic nitrogens is 5. The summed E-state index contributed by atoms with van der Waals surface area (Å²) >= 11 is 0. The Balaban J connectivity index is 2.18. The summed E-state index contributed by atoms with van der Waals surface area (Å²) in [5.41, 5.74) is 2.66. The van der Waals surface area contributed by atoms with Crippen LogP contribution in [0, 0.1) is 0 Å². The molecular formula is C13H15N5O. The molecule has 2 aromatic heterocycles. The second kappa shape index (κ2) is 4.38. The van der Waals surface area contributed by atoms with Crippen LogP contribution in [-0.4, -0.2) is 24.1 Å². The lowest BCUT2D eigenvalue weighted by molar-refractivity contribution is 0.674. The van der Waals surface area contributed by atoms with Gasteiger partial charge in [-0.15, -0.1) is 5.10 Å². The predicted molar refractivity (Wildman–Crippen MR) is 72.0 cm³/mol. The molecule has 0 bridgehead atoms. The van der Waals surface area contributed by atoms with E-state index in [1.165, 1.54) is 0 Å². The van der Waals surface area contributed by atoms with Crippen LogP contribution in [0.3, 0.4) is 0 Å². The molecule has 0 saturated heterocycles. The Morgan fingerprint density at radius 2 is 1.84 bits per heavy atom. The first-order valence-corrected chi connectivity index (χ1v) is 6.24.